The molecule has 1 amide bonds. The minimum absolute atomic E-state index is 0.136. The highest BCUT2D eigenvalue weighted by molar-refractivity contribution is 5.67. The van der Waals surface area contributed by atoms with E-state index in [1.165, 1.54) is 0 Å². The van der Waals surface area contributed by atoms with Crippen molar-refractivity contribution in [2.24, 2.45) is 5.41 Å². The number of rotatable bonds is 9. The number of ether oxygens (including phenoxy) is 1. The van der Waals surface area contributed by atoms with E-state index in [2.05, 4.69) is 21.3 Å². The Bertz CT molecular complexity index is 195. The maximum atomic E-state index is 11.3. The highest BCUT2D eigenvalue weighted by atomic mass is 16.5. The SMILES string of the molecule is CCNC(=O)OCC(CNC)(CNC)CNC. The third-order valence-corrected chi connectivity index (χ3v) is 2.49. The number of carbonyl (C=O) groups excluding carboxylic acids is 1. The predicted octanol–water partition coefficient (Wildman–Crippen LogP) is -0.623. The molecule has 0 saturated heterocycles. The first-order chi connectivity index (χ1) is 8.14. The van der Waals surface area contributed by atoms with E-state index in [1.54, 1.807) is 0 Å². The van der Waals surface area contributed by atoms with Crippen molar-refractivity contribution < 1.29 is 9.53 Å². The van der Waals surface area contributed by atoms with Gasteiger partial charge in [-0.15, -0.1) is 0 Å². The van der Waals surface area contributed by atoms with Crippen LogP contribution in [0, 0.1) is 5.41 Å². The number of alkyl carbamates (subject to hydrolysis) is 1. The van der Waals surface area contributed by atoms with Crippen molar-refractivity contribution in [2.45, 2.75) is 6.92 Å². The monoisotopic (exact) mass is 246 g/mol. The van der Waals surface area contributed by atoms with Crippen LogP contribution in [0.4, 0.5) is 4.79 Å². The summed E-state index contributed by atoms with van der Waals surface area (Å²) in [6.45, 7) is 5.14. The van der Waals surface area contributed by atoms with Crippen LogP contribution < -0.4 is 21.3 Å². The van der Waals surface area contributed by atoms with Gasteiger partial charge in [-0.05, 0) is 28.1 Å². The van der Waals surface area contributed by atoms with Crippen molar-refractivity contribution in [1.82, 2.24) is 21.3 Å². The van der Waals surface area contributed by atoms with Gasteiger partial charge in [0.2, 0.25) is 0 Å². The van der Waals surface area contributed by atoms with Crippen LogP contribution in [0.25, 0.3) is 0 Å². The molecule has 17 heavy (non-hydrogen) atoms. The zero-order chi connectivity index (χ0) is 13.1. The molecule has 0 radical (unpaired) electrons. The normalized spacial score (nSPS) is 11.3. The van der Waals surface area contributed by atoms with Crippen LogP contribution in [-0.2, 0) is 4.74 Å². The van der Waals surface area contributed by atoms with Crippen LogP contribution in [0.15, 0.2) is 0 Å². The van der Waals surface area contributed by atoms with Gasteiger partial charge in [0.25, 0.3) is 0 Å². The molecular weight excluding hydrogens is 220 g/mol. The van der Waals surface area contributed by atoms with Crippen molar-refractivity contribution >= 4 is 6.09 Å². The summed E-state index contributed by atoms with van der Waals surface area (Å²) in [5, 5.41) is 12.0. The van der Waals surface area contributed by atoms with Gasteiger partial charge in [-0.2, -0.15) is 0 Å². The molecule has 4 N–H and O–H groups in total. The first-order valence-electron chi connectivity index (χ1n) is 5.98. The van der Waals surface area contributed by atoms with E-state index in [0.717, 1.165) is 19.6 Å². The summed E-state index contributed by atoms with van der Waals surface area (Å²) < 4.78 is 5.24. The molecule has 0 atom stereocenters. The van der Waals surface area contributed by atoms with Gasteiger partial charge in [0.05, 0.1) is 0 Å². The quantitative estimate of drug-likeness (QED) is 0.436. The number of hydrogen-bond donors (Lipinski definition) is 4. The molecule has 6 nitrogen and oxygen atoms in total. The number of nitrogens with one attached hydrogen (secondary N) is 4. The van der Waals surface area contributed by atoms with Crippen molar-refractivity contribution in [3.8, 4) is 0 Å². The molecule has 0 heterocycles. The summed E-state index contributed by atoms with van der Waals surface area (Å²) in [5.74, 6) is 0. The van der Waals surface area contributed by atoms with E-state index in [0.29, 0.717) is 13.2 Å². The van der Waals surface area contributed by atoms with Crippen molar-refractivity contribution in [2.75, 3.05) is 53.9 Å². The van der Waals surface area contributed by atoms with E-state index in [1.807, 2.05) is 28.1 Å². The number of amides is 1. The first-order valence-corrected chi connectivity index (χ1v) is 5.98. The standard InChI is InChI=1S/C11H26N4O2/c1-5-15-10(16)17-9-11(6-12-2,7-13-3)8-14-4/h12-14H,5-9H2,1-4H3,(H,15,16). The van der Waals surface area contributed by atoms with Gasteiger partial charge < -0.3 is 26.0 Å². The van der Waals surface area contributed by atoms with Crippen LogP contribution in [-0.4, -0.2) is 60.0 Å². The Kier molecular flexibility index (Phi) is 8.75. The largest absolute Gasteiger partial charge is 0.449 e. The van der Waals surface area contributed by atoms with Crippen molar-refractivity contribution in [1.29, 1.82) is 0 Å². The Labute approximate surface area is 104 Å². The molecule has 0 aliphatic rings. The molecule has 6 heteroatoms. The topological polar surface area (TPSA) is 74.4 Å². The van der Waals surface area contributed by atoms with E-state index in [-0.39, 0.29) is 11.5 Å². The molecular formula is C11H26N4O2. The predicted molar refractivity (Wildman–Crippen MR) is 69.2 cm³/mol. The smallest absolute Gasteiger partial charge is 0.407 e. The molecule has 0 aromatic heterocycles. The van der Waals surface area contributed by atoms with Crippen LogP contribution in [0.3, 0.4) is 0 Å². The highest BCUT2D eigenvalue weighted by Crippen LogP contribution is 2.14. The van der Waals surface area contributed by atoms with Crippen LogP contribution in [0.1, 0.15) is 6.92 Å². The molecule has 0 unspecified atom stereocenters. The minimum Gasteiger partial charge on any atom is -0.449 e. The van der Waals surface area contributed by atoms with Crippen LogP contribution in [0.2, 0.25) is 0 Å². The lowest BCUT2D eigenvalue weighted by molar-refractivity contribution is 0.0822. The molecule has 0 aromatic rings. The average Bonchev–Trinajstić information content (AvgIpc) is 2.28. The number of carbonyl (C=O) groups is 1. The third-order valence-electron chi connectivity index (χ3n) is 2.49. The molecule has 0 aliphatic carbocycles. The Morgan fingerprint density at radius 3 is 1.88 bits per heavy atom. The van der Waals surface area contributed by atoms with Gasteiger partial charge >= 0.3 is 6.09 Å². The number of hydrogen-bond acceptors (Lipinski definition) is 5. The average molecular weight is 246 g/mol. The summed E-state index contributed by atoms with van der Waals surface area (Å²) in [6, 6.07) is 0. The summed E-state index contributed by atoms with van der Waals surface area (Å²) in [7, 11) is 5.69. The molecule has 0 fully saturated rings. The molecule has 0 saturated carbocycles. The Morgan fingerprint density at radius 1 is 1.06 bits per heavy atom. The van der Waals surface area contributed by atoms with E-state index in [4.69, 9.17) is 4.74 Å². The van der Waals surface area contributed by atoms with E-state index < -0.39 is 0 Å². The third kappa shape index (κ3) is 6.45. The van der Waals surface area contributed by atoms with Crippen LogP contribution >= 0.6 is 0 Å². The lowest BCUT2D eigenvalue weighted by Gasteiger charge is -2.32. The van der Waals surface area contributed by atoms with E-state index in [9.17, 15) is 4.79 Å². The maximum absolute atomic E-state index is 11.3. The fourth-order valence-electron chi connectivity index (χ4n) is 1.88. The summed E-state index contributed by atoms with van der Waals surface area (Å²) in [4.78, 5) is 11.3. The zero-order valence-corrected chi connectivity index (χ0v) is 11.4. The van der Waals surface area contributed by atoms with Gasteiger partial charge in [0.15, 0.2) is 0 Å². The fourth-order valence-corrected chi connectivity index (χ4v) is 1.88. The van der Waals surface area contributed by atoms with Gasteiger partial charge in [-0.25, -0.2) is 4.79 Å². The van der Waals surface area contributed by atoms with Crippen molar-refractivity contribution in [3.63, 3.8) is 0 Å². The lowest BCUT2D eigenvalue weighted by Crippen LogP contribution is -2.50. The zero-order valence-electron chi connectivity index (χ0n) is 11.4. The maximum Gasteiger partial charge on any atom is 0.407 e. The second-order valence-electron chi connectivity index (χ2n) is 4.20. The summed E-state index contributed by atoms with van der Waals surface area (Å²) >= 11 is 0. The van der Waals surface area contributed by atoms with Gasteiger partial charge in [-0.3, -0.25) is 0 Å². The van der Waals surface area contributed by atoms with E-state index >= 15 is 0 Å². The Morgan fingerprint density at radius 2 is 1.53 bits per heavy atom. The lowest BCUT2D eigenvalue weighted by atomic mass is 9.88. The van der Waals surface area contributed by atoms with Gasteiger partial charge in [-0.1, -0.05) is 0 Å². The van der Waals surface area contributed by atoms with Gasteiger partial charge in [0.1, 0.15) is 6.61 Å². The fraction of sp³-hybridized carbons (Fsp3) is 0.909. The minimum atomic E-state index is -0.361. The second kappa shape index (κ2) is 9.21. The summed E-state index contributed by atoms with van der Waals surface area (Å²) in [6.07, 6.45) is -0.361. The second-order valence-corrected chi connectivity index (χ2v) is 4.20. The molecule has 0 bridgehead atoms. The first kappa shape index (κ1) is 16.1. The molecule has 0 rings (SSSR count). The van der Waals surface area contributed by atoms with Gasteiger partial charge in [0, 0.05) is 31.6 Å². The van der Waals surface area contributed by atoms with Crippen LogP contribution in [0.5, 0.6) is 0 Å². The Balaban J connectivity index is 4.37. The van der Waals surface area contributed by atoms with Crippen molar-refractivity contribution in [3.05, 3.63) is 0 Å². The Hall–Kier alpha value is -0.850. The molecule has 0 aliphatic heterocycles. The molecule has 102 valence electrons. The highest BCUT2D eigenvalue weighted by Gasteiger charge is 2.30. The summed E-state index contributed by atoms with van der Waals surface area (Å²) in [5.41, 5.74) is -0.136. The molecule has 0 aromatic carbocycles. The molecule has 0 spiro atoms.